The van der Waals surface area contributed by atoms with Crippen molar-refractivity contribution in [1.82, 2.24) is 15.0 Å². The van der Waals surface area contributed by atoms with Gasteiger partial charge >= 0.3 is 0 Å². The van der Waals surface area contributed by atoms with Crippen LogP contribution in [0.25, 0.3) is 89.8 Å². The van der Waals surface area contributed by atoms with Crippen molar-refractivity contribution in [1.29, 1.82) is 0 Å². The van der Waals surface area contributed by atoms with Crippen LogP contribution in [0, 0.1) is 0 Å². The van der Waals surface area contributed by atoms with Gasteiger partial charge in [-0.1, -0.05) is 170 Å². The predicted octanol–water partition coefficient (Wildman–Crippen LogP) is 13.0. The van der Waals surface area contributed by atoms with Crippen molar-refractivity contribution in [2.75, 3.05) is 0 Å². The Balaban J connectivity index is 1.06. The third-order valence-electron chi connectivity index (χ3n) is 11.4. The molecule has 0 saturated carbocycles. The largest absolute Gasteiger partial charge is 0.208 e. The first-order chi connectivity index (χ1) is 27.7. The first-order valence-corrected chi connectivity index (χ1v) is 19.3. The highest BCUT2D eigenvalue weighted by molar-refractivity contribution is 5.92. The average Bonchev–Trinajstić information content (AvgIpc) is 3.86. The minimum Gasteiger partial charge on any atom is -0.208 e. The molecule has 2 aliphatic rings. The van der Waals surface area contributed by atoms with E-state index in [-0.39, 0.29) is 0 Å². The molecule has 0 spiro atoms. The molecule has 3 heteroatoms. The van der Waals surface area contributed by atoms with E-state index in [4.69, 9.17) is 15.0 Å². The molecule has 2 aliphatic carbocycles. The van der Waals surface area contributed by atoms with E-state index in [1.54, 1.807) is 0 Å². The van der Waals surface area contributed by atoms with Crippen molar-refractivity contribution < 1.29 is 0 Å². The molecule has 1 heterocycles. The van der Waals surface area contributed by atoms with Crippen molar-refractivity contribution >= 4 is 0 Å². The van der Waals surface area contributed by atoms with Gasteiger partial charge in [-0.25, -0.2) is 15.0 Å². The first-order valence-electron chi connectivity index (χ1n) is 19.3. The molecule has 56 heavy (non-hydrogen) atoms. The zero-order valence-electron chi connectivity index (χ0n) is 30.7. The first kappa shape index (κ1) is 32.2. The summed E-state index contributed by atoms with van der Waals surface area (Å²) in [5.74, 6) is 1.93. The quantitative estimate of drug-likeness (QED) is 0.172. The van der Waals surface area contributed by atoms with Crippen LogP contribution in [0.5, 0.6) is 0 Å². The van der Waals surface area contributed by atoms with Gasteiger partial charge in [-0.2, -0.15) is 0 Å². The Labute approximate surface area is 326 Å². The fraction of sp³-hybridized carbons (Fsp3) is 0.0377. The van der Waals surface area contributed by atoms with E-state index in [1.165, 1.54) is 55.6 Å². The van der Waals surface area contributed by atoms with Crippen molar-refractivity contribution in [3.05, 3.63) is 210 Å². The summed E-state index contributed by atoms with van der Waals surface area (Å²) in [5.41, 5.74) is 20.6. The molecule has 1 aromatic heterocycles. The topological polar surface area (TPSA) is 38.7 Å². The number of fused-ring (bicyclic) bond motifs is 6. The zero-order chi connectivity index (χ0) is 37.0. The van der Waals surface area contributed by atoms with Crippen LogP contribution in [0.3, 0.4) is 0 Å². The molecule has 0 unspecified atom stereocenters. The lowest BCUT2D eigenvalue weighted by molar-refractivity contribution is 1.07. The second-order valence-corrected chi connectivity index (χ2v) is 14.8. The van der Waals surface area contributed by atoms with Crippen LogP contribution in [0.2, 0.25) is 0 Å². The Morgan fingerprint density at radius 2 is 0.589 bits per heavy atom. The number of hydrogen-bond donors (Lipinski definition) is 0. The van der Waals surface area contributed by atoms with Crippen molar-refractivity contribution in [3.8, 4) is 89.8 Å². The van der Waals surface area contributed by atoms with E-state index in [0.717, 1.165) is 51.8 Å². The summed E-state index contributed by atoms with van der Waals surface area (Å²) in [6, 6.07) is 67.2. The third kappa shape index (κ3) is 5.56. The number of hydrogen-bond acceptors (Lipinski definition) is 3. The van der Waals surface area contributed by atoms with Gasteiger partial charge in [0.2, 0.25) is 0 Å². The van der Waals surface area contributed by atoms with E-state index in [2.05, 4.69) is 182 Å². The van der Waals surface area contributed by atoms with Gasteiger partial charge in [-0.05, 0) is 109 Å². The Morgan fingerprint density at radius 3 is 1.09 bits per heavy atom. The molecule has 0 bridgehead atoms. The smallest absolute Gasteiger partial charge is 0.164 e. The van der Waals surface area contributed by atoms with Crippen LogP contribution in [0.15, 0.2) is 188 Å². The Kier molecular flexibility index (Phi) is 7.63. The molecule has 0 fully saturated rings. The van der Waals surface area contributed by atoms with Crippen LogP contribution in [0.1, 0.15) is 22.3 Å². The number of benzene rings is 8. The fourth-order valence-corrected chi connectivity index (χ4v) is 8.74. The molecule has 8 aromatic carbocycles. The predicted molar refractivity (Wildman–Crippen MR) is 229 cm³/mol. The van der Waals surface area contributed by atoms with E-state index in [0.29, 0.717) is 17.5 Å². The van der Waals surface area contributed by atoms with Gasteiger partial charge in [0, 0.05) is 16.7 Å². The molecule has 262 valence electrons. The fourth-order valence-electron chi connectivity index (χ4n) is 8.74. The molecule has 0 N–H and O–H groups in total. The molecule has 9 aromatic rings. The lowest BCUT2D eigenvalue weighted by Crippen LogP contribution is -2.01. The molecular formula is C53H35N3. The van der Waals surface area contributed by atoms with E-state index < -0.39 is 0 Å². The van der Waals surface area contributed by atoms with Crippen LogP contribution in [-0.4, -0.2) is 15.0 Å². The van der Waals surface area contributed by atoms with Gasteiger partial charge in [-0.3, -0.25) is 0 Å². The molecular weight excluding hydrogens is 679 g/mol. The molecule has 0 amide bonds. The summed E-state index contributed by atoms with van der Waals surface area (Å²) in [7, 11) is 0. The van der Waals surface area contributed by atoms with Gasteiger partial charge in [0.1, 0.15) is 0 Å². The molecule has 0 atom stereocenters. The SMILES string of the molecule is c1ccc(-c2cccc(-c3nc(-c4cccc(-c5cccc6c5-c5ccccc5C6)c4)nc(-c4cccc(-c5cccc6c5-c5ccccc5C6)c4)n3)c2)cc1. The van der Waals surface area contributed by atoms with E-state index in [1.807, 2.05) is 6.07 Å². The highest BCUT2D eigenvalue weighted by Gasteiger charge is 2.24. The number of nitrogens with zero attached hydrogens (tertiary/aromatic N) is 3. The van der Waals surface area contributed by atoms with Gasteiger partial charge < -0.3 is 0 Å². The van der Waals surface area contributed by atoms with Gasteiger partial charge in [0.05, 0.1) is 0 Å². The average molecular weight is 714 g/mol. The van der Waals surface area contributed by atoms with Gasteiger partial charge in [-0.15, -0.1) is 0 Å². The summed E-state index contributed by atoms with van der Waals surface area (Å²) in [5, 5.41) is 0. The Morgan fingerprint density at radius 1 is 0.250 bits per heavy atom. The number of rotatable bonds is 6. The molecule has 0 saturated heterocycles. The molecule has 0 aliphatic heterocycles. The van der Waals surface area contributed by atoms with Crippen LogP contribution < -0.4 is 0 Å². The second kappa shape index (κ2) is 13.3. The van der Waals surface area contributed by atoms with Crippen LogP contribution in [0.4, 0.5) is 0 Å². The number of aromatic nitrogens is 3. The summed E-state index contributed by atoms with van der Waals surface area (Å²) in [6.07, 6.45) is 1.91. The van der Waals surface area contributed by atoms with Crippen LogP contribution in [-0.2, 0) is 12.8 Å². The lowest BCUT2D eigenvalue weighted by atomic mass is 9.93. The lowest BCUT2D eigenvalue weighted by Gasteiger charge is -2.14. The van der Waals surface area contributed by atoms with E-state index >= 15 is 0 Å². The van der Waals surface area contributed by atoms with Gasteiger partial charge in [0.25, 0.3) is 0 Å². The highest BCUT2D eigenvalue weighted by atomic mass is 15.0. The molecule has 0 radical (unpaired) electrons. The van der Waals surface area contributed by atoms with Gasteiger partial charge in [0.15, 0.2) is 17.5 Å². The van der Waals surface area contributed by atoms with Crippen molar-refractivity contribution in [2.24, 2.45) is 0 Å². The minimum atomic E-state index is 0.641. The summed E-state index contributed by atoms with van der Waals surface area (Å²) in [4.78, 5) is 15.7. The summed E-state index contributed by atoms with van der Waals surface area (Å²) in [6.45, 7) is 0. The zero-order valence-corrected chi connectivity index (χ0v) is 30.7. The standard InChI is InChI=1S/C53H35N3/c1-2-13-34(14-3-1)35-17-8-22-42(29-35)51-54-52(43-23-9-18-38(32-43)47-27-11-20-40-30-36-15-4-6-25-45(36)49(40)47)56-53(55-51)44-24-10-19-39(33-44)48-28-12-21-41-31-37-16-5-7-26-46(37)50(41)48/h1-29,32-33H,30-31H2. The minimum absolute atomic E-state index is 0.641. The van der Waals surface area contributed by atoms with Crippen molar-refractivity contribution in [2.45, 2.75) is 12.8 Å². The Bertz CT molecular complexity index is 2820. The maximum absolute atomic E-state index is 5.24. The Hall–Kier alpha value is -7.23. The summed E-state index contributed by atoms with van der Waals surface area (Å²) < 4.78 is 0. The monoisotopic (exact) mass is 713 g/mol. The highest BCUT2D eigenvalue weighted by Crippen LogP contribution is 2.45. The second-order valence-electron chi connectivity index (χ2n) is 14.8. The normalized spacial score (nSPS) is 12.1. The summed E-state index contributed by atoms with van der Waals surface area (Å²) >= 11 is 0. The van der Waals surface area contributed by atoms with E-state index in [9.17, 15) is 0 Å². The maximum atomic E-state index is 5.24. The van der Waals surface area contributed by atoms with Crippen molar-refractivity contribution in [3.63, 3.8) is 0 Å². The third-order valence-corrected chi connectivity index (χ3v) is 11.4. The molecule has 3 nitrogen and oxygen atoms in total. The van der Waals surface area contributed by atoms with Crippen LogP contribution >= 0.6 is 0 Å². The maximum Gasteiger partial charge on any atom is 0.164 e. The molecule has 11 rings (SSSR count).